The molecule has 20 heavy (non-hydrogen) atoms. The van der Waals surface area contributed by atoms with Gasteiger partial charge in [0.15, 0.2) is 0 Å². The summed E-state index contributed by atoms with van der Waals surface area (Å²) < 4.78 is 0.396. The van der Waals surface area contributed by atoms with Crippen LogP contribution in [0.5, 0.6) is 0 Å². The highest BCUT2D eigenvalue weighted by Gasteiger charge is 2.27. The van der Waals surface area contributed by atoms with E-state index in [-0.39, 0.29) is 0 Å². The molecule has 1 fully saturated rings. The first-order chi connectivity index (χ1) is 9.61. The van der Waals surface area contributed by atoms with Gasteiger partial charge in [0.05, 0.1) is 0 Å². The zero-order chi connectivity index (χ0) is 14.4. The van der Waals surface area contributed by atoms with Crippen LogP contribution in [0.2, 0.25) is 0 Å². The second-order valence-electron chi connectivity index (χ2n) is 6.26. The van der Waals surface area contributed by atoms with Crippen LogP contribution in [0.25, 0.3) is 0 Å². The van der Waals surface area contributed by atoms with Crippen molar-refractivity contribution < 1.29 is 0 Å². The van der Waals surface area contributed by atoms with Crippen LogP contribution in [0.15, 0.2) is 24.3 Å². The van der Waals surface area contributed by atoms with Gasteiger partial charge in [0.2, 0.25) is 0 Å². The molecule has 112 valence electrons. The zero-order valence-corrected chi connectivity index (χ0v) is 13.9. The maximum Gasteiger partial charge on any atom is 0.0237 e. The minimum atomic E-state index is 0.396. The van der Waals surface area contributed by atoms with Crippen molar-refractivity contribution in [2.75, 3.05) is 25.4 Å². The van der Waals surface area contributed by atoms with Crippen LogP contribution in [-0.4, -0.2) is 35.0 Å². The van der Waals surface area contributed by atoms with E-state index in [1.54, 1.807) is 0 Å². The predicted octanol–water partition coefficient (Wildman–Crippen LogP) is 3.51. The van der Waals surface area contributed by atoms with Crippen molar-refractivity contribution in [2.45, 2.75) is 45.0 Å². The third kappa shape index (κ3) is 4.80. The molecule has 0 radical (unpaired) electrons. The maximum absolute atomic E-state index is 3.52. The molecule has 1 aromatic carbocycles. The van der Waals surface area contributed by atoms with Crippen LogP contribution in [-0.2, 0) is 13.1 Å². The van der Waals surface area contributed by atoms with Gasteiger partial charge >= 0.3 is 0 Å². The molecule has 0 spiro atoms. The van der Waals surface area contributed by atoms with Gasteiger partial charge in [-0.05, 0) is 37.9 Å². The van der Waals surface area contributed by atoms with Gasteiger partial charge in [0.25, 0.3) is 0 Å². The molecule has 1 aliphatic heterocycles. The molecule has 0 aromatic heterocycles. The first-order valence-corrected chi connectivity index (χ1v) is 8.73. The Morgan fingerprint density at radius 2 is 2.00 bits per heavy atom. The van der Waals surface area contributed by atoms with E-state index in [2.05, 4.69) is 67.0 Å². The topological polar surface area (TPSA) is 15.3 Å². The fourth-order valence-corrected chi connectivity index (χ4v) is 3.95. The van der Waals surface area contributed by atoms with E-state index in [0.29, 0.717) is 4.75 Å². The number of nitrogens with zero attached hydrogens (tertiary/aromatic N) is 1. The highest BCUT2D eigenvalue weighted by Crippen LogP contribution is 2.30. The number of nitrogens with one attached hydrogen (secondary N) is 1. The summed E-state index contributed by atoms with van der Waals surface area (Å²) in [6.45, 7) is 12.5. The minimum Gasteiger partial charge on any atom is -0.313 e. The first kappa shape index (κ1) is 15.9. The lowest BCUT2D eigenvalue weighted by molar-refractivity contribution is 0.252. The summed E-state index contributed by atoms with van der Waals surface area (Å²) in [5, 5.41) is 3.52. The Bertz CT molecular complexity index is 417. The molecule has 3 heteroatoms. The Hall–Kier alpha value is -0.510. The van der Waals surface area contributed by atoms with Gasteiger partial charge in [-0.25, -0.2) is 0 Å². The van der Waals surface area contributed by atoms with Gasteiger partial charge in [-0.3, -0.25) is 4.90 Å². The predicted molar refractivity (Wildman–Crippen MR) is 90.3 cm³/mol. The second-order valence-corrected chi connectivity index (χ2v) is 8.07. The van der Waals surface area contributed by atoms with E-state index in [4.69, 9.17) is 0 Å². The van der Waals surface area contributed by atoms with Gasteiger partial charge < -0.3 is 5.32 Å². The first-order valence-electron chi connectivity index (χ1n) is 7.74. The van der Waals surface area contributed by atoms with Crippen molar-refractivity contribution in [3.05, 3.63) is 35.4 Å². The molecule has 0 saturated carbocycles. The molecule has 1 aliphatic rings. The molecule has 1 N–H and O–H groups in total. The number of rotatable bonds is 6. The molecule has 0 atom stereocenters. The van der Waals surface area contributed by atoms with Crippen LogP contribution in [0.4, 0.5) is 0 Å². The normalized spacial score (nSPS) is 19.1. The van der Waals surface area contributed by atoms with E-state index < -0.39 is 0 Å². The SMILES string of the molecule is CCCNCc1ccccc1CN1CCSC(C)(C)C1. The average Bonchev–Trinajstić information content (AvgIpc) is 2.40. The van der Waals surface area contributed by atoms with Gasteiger partial charge in [0.1, 0.15) is 0 Å². The molecule has 1 heterocycles. The van der Waals surface area contributed by atoms with Crippen molar-refractivity contribution in [1.29, 1.82) is 0 Å². The fourth-order valence-electron chi connectivity index (χ4n) is 2.77. The molecule has 0 amide bonds. The molecule has 2 nitrogen and oxygen atoms in total. The minimum absolute atomic E-state index is 0.396. The number of thioether (sulfide) groups is 1. The van der Waals surface area contributed by atoms with Crippen molar-refractivity contribution in [1.82, 2.24) is 10.2 Å². The average molecular weight is 292 g/mol. The van der Waals surface area contributed by atoms with Crippen LogP contribution < -0.4 is 5.32 Å². The molecular weight excluding hydrogens is 264 g/mol. The molecule has 1 saturated heterocycles. The van der Waals surface area contributed by atoms with Crippen molar-refractivity contribution >= 4 is 11.8 Å². The molecule has 1 aromatic rings. The summed E-state index contributed by atoms with van der Waals surface area (Å²) in [6, 6.07) is 8.88. The number of hydrogen-bond donors (Lipinski definition) is 1. The third-order valence-electron chi connectivity index (χ3n) is 3.76. The molecular formula is C17H28N2S. The second kappa shape index (κ2) is 7.48. The summed E-state index contributed by atoms with van der Waals surface area (Å²) in [4.78, 5) is 2.61. The van der Waals surface area contributed by atoms with Crippen LogP contribution in [0.3, 0.4) is 0 Å². The number of benzene rings is 1. The summed E-state index contributed by atoms with van der Waals surface area (Å²) >= 11 is 2.10. The largest absolute Gasteiger partial charge is 0.313 e. The van der Waals surface area contributed by atoms with Gasteiger partial charge in [-0.2, -0.15) is 11.8 Å². The Morgan fingerprint density at radius 3 is 2.70 bits per heavy atom. The Kier molecular flexibility index (Phi) is 5.94. The zero-order valence-electron chi connectivity index (χ0n) is 13.1. The smallest absolute Gasteiger partial charge is 0.0237 e. The van der Waals surface area contributed by atoms with E-state index in [1.165, 1.54) is 36.4 Å². The van der Waals surface area contributed by atoms with E-state index in [1.807, 2.05) is 0 Å². The Balaban J connectivity index is 1.97. The van der Waals surface area contributed by atoms with Crippen molar-refractivity contribution in [2.24, 2.45) is 0 Å². The summed E-state index contributed by atoms with van der Waals surface area (Å²) in [5.41, 5.74) is 2.94. The molecule has 0 bridgehead atoms. The van der Waals surface area contributed by atoms with Crippen LogP contribution in [0, 0.1) is 0 Å². The lowest BCUT2D eigenvalue weighted by Crippen LogP contribution is -2.42. The lowest BCUT2D eigenvalue weighted by Gasteiger charge is -2.37. The van der Waals surface area contributed by atoms with Crippen LogP contribution in [0.1, 0.15) is 38.3 Å². The lowest BCUT2D eigenvalue weighted by atomic mass is 10.1. The molecule has 0 aliphatic carbocycles. The van der Waals surface area contributed by atoms with E-state index in [0.717, 1.165) is 19.6 Å². The summed E-state index contributed by atoms with van der Waals surface area (Å²) in [5.74, 6) is 1.25. The monoisotopic (exact) mass is 292 g/mol. The Morgan fingerprint density at radius 1 is 1.25 bits per heavy atom. The van der Waals surface area contributed by atoms with Gasteiger partial charge in [0, 0.05) is 36.7 Å². The van der Waals surface area contributed by atoms with Gasteiger partial charge in [-0.15, -0.1) is 0 Å². The summed E-state index contributed by atoms with van der Waals surface area (Å²) in [6.07, 6.45) is 1.19. The third-order valence-corrected chi connectivity index (χ3v) is 5.06. The standard InChI is InChI=1S/C17H28N2S/c1-4-9-18-12-15-7-5-6-8-16(15)13-19-10-11-20-17(2,3)14-19/h5-8,18H,4,9-14H2,1-3H3. The van der Waals surface area contributed by atoms with E-state index >= 15 is 0 Å². The number of hydrogen-bond acceptors (Lipinski definition) is 3. The molecule has 0 unspecified atom stereocenters. The maximum atomic E-state index is 3.52. The highest BCUT2D eigenvalue weighted by atomic mass is 32.2. The Labute approximate surface area is 128 Å². The quantitative estimate of drug-likeness (QED) is 0.808. The van der Waals surface area contributed by atoms with Gasteiger partial charge in [-0.1, -0.05) is 31.2 Å². The van der Waals surface area contributed by atoms with E-state index in [9.17, 15) is 0 Å². The van der Waals surface area contributed by atoms with Crippen molar-refractivity contribution in [3.63, 3.8) is 0 Å². The van der Waals surface area contributed by atoms with Crippen LogP contribution >= 0.6 is 11.8 Å². The molecule has 2 rings (SSSR count). The van der Waals surface area contributed by atoms with Crippen molar-refractivity contribution in [3.8, 4) is 0 Å². The summed E-state index contributed by atoms with van der Waals surface area (Å²) in [7, 11) is 0. The highest BCUT2D eigenvalue weighted by molar-refractivity contribution is 8.00. The fraction of sp³-hybridized carbons (Fsp3) is 0.647.